The summed E-state index contributed by atoms with van der Waals surface area (Å²) >= 11 is 0. The number of aliphatic hydroxyl groups is 1. The van der Waals surface area contributed by atoms with Crippen LogP contribution >= 0.6 is 0 Å². The van der Waals surface area contributed by atoms with Gasteiger partial charge in [-0.1, -0.05) is 0 Å². The molecule has 1 aliphatic carbocycles. The second kappa shape index (κ2) is 1.69. The van der Waals surface area contributed by atoms with Crippen LogP contribution in [0.3, 0.4) is 0 Å². The summed E-state index contributed by atoms with van der Waals surface area (Å²) in [4.78, 5) is 20.1. The highest BCUT2D eigenvalue weighted by molar-refractivity contribution is 5.91. The van der Waals surface area contributed by atoms with Gasteiger partial charge in [0.2, 0.25) is 0 Å². The SMILES string of the molecule is O=C(O)C1CC1(O)C(=O)O. The molecule has 0 aromatic heterocycles. The molecule has 0 bridgehead atoms. The molecule has 1 saturated carbocycles. The van der Waals surface area contributed by atoms with Gasteiger partial charge in [0.1, 0.15) is 0 Å². The Morgan fingerprint density at radius 3 is 2.00 bits per heavy atom. The van der Waals surface area contributed by atoms with E-state index in [2.05, 4.69) is 0 Å². The maximum Gasteiger partial charge on any atom is 0.336 e. The zero-order valence-corrected chi connectivity index (χ0v) is 4.94. The first-order chi connectivity index (χ1) is 4.48. The van der Waals surface area contributed by atoms with Crippen LogP contribution in [0.25, 0.3) is 0 Å². The van der Waals surface area contributed by atoms with E-state index in [9.17, 15) is 9.59 Å². The molecule has 0 radical (unpaired) electrons. The summed E-state index contributed by atoms with van der Waals surface area (Å²) in [7, 11) is 0. The lowest BCUT2D eigenvalue weighted by molar-refractivity contribution is -0.154. The van der Waals surface area contributed by atoms with Crippen LogP contribution in [0.1, 0.15) is 6.42 Å². The van der Waals surface area contributed by atoms with Crippen LogP contribution < -0.4 is 0 Å². The van der Waals surface area contributed by atoms with Crippen LogP contribution in [0.5, 0.6) is 0 Å². The molecule has 10 heavy (non-hydrogen) atoms. The van der Waals surface area contributed by atoms with Crippen molar-refractivity contribution in [1.29, 1.82) is 0 Å². The van der Waals surface area contributed by atoms with Gasteiger partial charge in [-0.2, -0.15) is 0 Å². The van der Waals surface area contributed by atoms with Crippen molar-refractivity contribution in [2.45, 2.75) is 12.0 Å². The van der Waals surface area contributed by atoms with Gasteiger partial charge in [0, 0.05) is 6.42 Å². The van der Waals surface area contributed by atoms with Crippen LogP contribution in [0.4, 0.5) is 0 Å². The molecule has 5 heteroatoms. The summed E-state index contributed by atoms with van der Waals surface area (Å²) in [6, 6.07) is 0. The Hall–Kier alpha value is -1.10. The maximum absolute atomic E-state index is 10.1. The number of carbonyl (C=O) groups is 2. The zero-order valence-electron chi connectivity index (χ0n) is 4.94. The minimum Gasteiger partial charge on any atom is -0.481 e. The maximum atomic E-state index is 10.1. The first kappa shape index (κ1) is 7.01. The normalized spacial score (nSPS) is 37.1. The van der Waals surface area contributed by atoms with E-state index in [4.69, 9.17) is 15.3 Å². The molecule has 1 rings (SSSR count). The van der Waals surface area contributed by atoms with Gasteiger partial charge in [0.05, 0.1) is 5.92 Å². The summed E-state index contributed by atoms with van der Waals surface area (Å²) in [5, 5.41) is 25.3. The van der Waals surface area contributed by atoms with E-state index in [0.29, 0.717) is 0 Å². The van der Waals surface area contributed by atoms with Gasteiger partial charge >= 0.3 is 11.9 Å². The molecule has 1 fully saturated rings. The van der Waals surface area contributed by atoms with Crippen molar-refractivity contribution in [1.82, 2.24) is 0 Å². The van der Waals surface area contributed by atoms with Gasteiger partial charge in [-0.3, -0.25) is 4.79 Å². The monoisotopic (exact) mass is 146 g/mol. The predicted octanol–water partition coefficient (Wildman–Crippen LogP) is -1.09. The third-order valence-corrected chi connectivity index (χ3v) is 1.60. The van der Waals surface area contributed by atoms with Gasteiger partial charge in [0.25, 0.3) is 0 Å². The molecule has 0 aliphatic heterocycles. The van der Waals surface area contributed by atoms with E-state index in [0.717, 1.165) is 0 Å². The van der Waals surface area contributed by atoms with E-state index in [1.165, 1.54) is 0 Å². The van der Waals surface area contributed by atoms with E-state index in [-0.39, 0.29) is 6.42 Å². The summed E-state index contributed by atoms with van der Waals surface area (Å²) < 4.78 is 0. The Balaban J connectivity index is 2.65. The molecule has 5 nitrogen and oxygen atoms in total. The van der Waals surface area contributed by atoms with Crippen LogP contribution in [0, 0.1) is 5.92 Å². The largest absolute Gasteiger partial charge is 0.481 e. The number of carboxylic acid groups (broad SMARTS) is 2. The van der Waals surface area contributed by atoms with Crippen molar-refractivity contribution in [2.24, 2.45) is 5.92 Å². The predicted molar refractivity (Wildman–Crippen MR) is 28.3 cm³/mol. The van der Waals surface area contributed by atoms with Crippen molar-refractivity contribution in [2.75, 3.05) is 0 Å². The molecule has 2 atom stereocenters. The fourth-order valence-corrected chi connectivity index (χ4v) is 0.780. The first-order valence-corrected chi connectivity index (χ1v) is 2.67. The molecule has 56 valence electrons. The number of aliphatic carboxylic acids is 2. The zero-order chi connectivity index (χ0) is 7.94. The standard InChI is InChI=1S/C5H6O5/c6-3(7)2-1-5(2,10)4(8)9/h2,10H,1H2,(H,6,7)(H,8,9). The van der Waals surface area contributed by atoms with Gasteiger partial charge in [-0.15, -0.1) is 0 Å². The molecule has 0 spiro atoms. The third-order valence-electron chi connectivity index (χ3n) is 1.60. The lowest BCUT2D eigenvalue weighted by atomic mass is 10.3. The highest BCUT2D eigenvalue weighted by atomic mass is 16.4. The van der Waals surface area contributed by atoms with Crippen LogP contribution in [0.15, 0.2) is 0 Å². The first-order valence-electron chi connectivity index (χ1n) is 2.67. The summed E-state index contributed by atoms with van der Waals surface area (Å²) in [5.74, 6) is -3.84. The number of hydrogen-bond donors (Lipinski definition) is 3. The molecule has 3 N–H and O–H groups in total. The Morgan fingerprint density at radius 1 is 1.40 bits per heavy atom. The van der Waals surface area contributed by atoms with E-state index < -0.39 is 23.5 Å². The van der Waals surface area contributed by atoms with E-state index >= 15 is 0 Å². The van der Waals surface area contributed by atoms with Crippen molar-refractivity contribution in [3.63, 3.8) is 0 Å². The summed E-state index contributed by atoms with van der Waals surface area (Å²) in [6.45, 7) is 0. The average Bonchev–Trinajstić information content (AvgIpc) is 2.43. The van der Waals surface area contributed by atoms with Crippen molar-refractivity contribution in [3.8, 4) is 0 Å². The van der Waals surface area contributed by atoms with Gasteiger partial charge in [-0.25, -0.2) is 4.79 Å². The van der Waals surface area contributed by atoms with Gasteiger partial charge in [0.15, 0.2) is 5.60 Å². The Kier molecular flexibility index (Phi) is 1.19. The molecule has 0 aromatic carbocycles. The van der Waals surface area contributed by atoms with Crippen molar-refractivity contribution >= 4 is 11.9 Å². The number of hydrogen-bond acceptors (Lipinski definition) is 3. The van der Waals surface area contributed by atoms with E-state index in [1.54, 1.807) is 0 Å². The fraction of sp³-hybridized carbons (Fsp3) is 0.600. The lowest BCUT2D eigenvalue weighted by Gasteiger charge is -1.98. The third kappa shape index (κ3) is 0.750. The second-order valence-corrected chi connectivity index (χ2v) is 2.32. The van der Waals surface area contributed by atoms with Gasteiger partial charge in [-0.05, 0) is 0 Å². The summed E-state index contributed by atoms with van der Waals surface area (Å²) in [5.41, 5.74) is -1.99. The molecule has 0 saturated heterocycles. The molecule has 0 aromatic rings. The highest BCUT2D eigenvalue weighted by Crippen LogP contribution is 2.43. The quantitative estimate of drug-likeness (QED) is 0.460. The number of carboxylic acids is 2. The van der Waals surface area contributed by atoms with Crippen molar-refractivity contribution < 1.29 is 24.9 Å². The lowest BCUT2D eigenvalue weighted by Crippen LogP contribution is -2.26. The Morgan fingerprint density at radius 2 is 1.90 bits per heavy atom. The summed E-state index contributed by atoms with van der Waals surface area (Å²) in [6.07, 6.45) is -0.183. The Labute approximate surface area is 55.9 Å². The van der Waals surface area contributed by atoms with Crippen LogP contribution in [0.2, 0.25) is 0 Å². The molecular weight excluding hydrogens is 140 g/mol. The van der Waals surface area contributed by atoms with E-state index in [1.807, 2.05) is 0 Å². The molecule has 0 amide bonds. The number of rotatable bonds is 2. The van der Waals surface area contributed by atoms with Crippen LogP contribution in [-0.2, 0) is 9.59 Å². The molecular formula is C5H6O5. The fourth-order valence-electron chi connectivity index (χ4n) is 0.780. The molecule has 1 aliphatic rings. The molecule has 0 heterocycles. The topological polar surface area (TPSA) is 94.8 Å². The minimum absolute atomic E-state index is 0.183. The highest BCUT2D eigenvalue weighted by Gasteiger charge is 2.64. The van der Waals surface area contributed by atoms with Crippen molar-refractivity contribution in [3.05, 3.63) is 0 Å². The molecule has 2 unspecified atom stereocenters. The Bertz CT molecular complexity index is 198. The van der Waals surface area contributed by atoms with Gasteiger partial charge < -0.3 is 15.3 Å². The second-order valence-electron chi connectivity index (χ2n) is 2.32. The minimum atomic E-state index is -1.99. The smallest absolute Gasteiger partial charge is 0.336 e. The van der Waals surface area contributed by atoms with Crippen LogP contribution in [-0.4, -0.2) is 32.9 Å². The average molecular weight is 146 g/mol.